The molecule has 0 aliphatic heterocycles. The molecule has 1 rings (SSSR count). The first kappa shape index (κ1) is 11.5. The van der Waals surface area contributed by atoms with Gasteiger partial charge in [0.25, 0.3) is 0 Å². The highest BCUT2D eigenvalue weighted by atomic mass is 15.2. The van der Waals surface area contributed by atoms with E-state index in [9.17, 15) is 0 Å². The molecule has 0 saturated heterocycles. The van der Waals surface area contributed by atoms with Crippen LogP contribution in [0.5, 0.6) is 0 Å². The Morgan fingerprint density at radius 3 is 2.14 bits per heavy atom. The first-order valence-corrected chi connectivity index (χ1v) is 5.82. The molecule has 1 N–H and O–H groups in total. The van der Waals surface area contributed by atoms with Gasteiger partial charge in [-0.1, -0.05) is 33.6 Å². The predicted molar refractivity (Wildman–Crippen MR) is 61.8 cm³/mol. The lowest BCUT2D eigenvalue weighted by molar-refractivity contribution is 0.295. The van der Waals surface area contributed by atoms with E-state index in [1.54, 1.807) is 0 Å². The second-order valence-corrected chi connectivity index (χ2v) is 5.32. The smallest absolute Gasteiger partial charge is 0.101 e. The van der Waals surface area contributed by atoms with Crippen LogP contribution < -0.4 is 0 Å². The van der Waals surface area contributed by atoms with E-state index in [1.165, 1.54) is 25.7 Å². The van der Waals surface area contributed by atoms with Crippen molar-refractivity contribution in [3.05, 3.63) is 0 Å². The van der Waals surface area contributed by atoms with Gasteiger partial charge in [0, 0.05) is 18.0 Å². The molecule has 1 aliphatic carbocycles. The van der Waals surface area contributed by atoms with Crippen LogP contribution in [-0.2, 0) is 0 Å². The Morgan fingerprint density at radius 2 is 1.79 bits per heavy atom. The minimum absolute atomic E-state index is 0.00139. The van der Waals surface area contributed by atoms with Crippen molar-refractivity contribution in [2.75, 3.05) is 6.54 Å². The summed E-state index contributed by atoms with van der Waals surface area (Å²) < 4.78 is 0. The van der Waals surface area contributed by atoms with Crippen molar-refractivity contribution in [2.45, 2.75) is 59.4 Å². The monoisotopic (exact) mass is 196 g/mol. The van der Waals surface area contributed by atoms with Gasteiger partial charge in [0.05, 0.1) is 0 Å². The van der Waals surface area contributed by atoms with Crippen molar-refractivity contribution >= 4 is 5.84 Å². The van der Waals surface area contributed by atoms with Crippen LogP contribution in [0, 0.1) is 10.8 Å². The van der Waals surface area contributed by atoms with Crippen molar-refractivity contribution in [2.24, 2.45) is 5.41 Å². The van der Waals surface area contributed by atoms with Gasteiger partial charge in [0.2, 0.25) is 0 Å². The Hall–Kier alpha value is -0.530. The van der Waals surface area contributed by atoms with Gasteiger partial charge in [-0.15, -0.1) is 0 Å². The lowest BCUT2D eigenvalue weighted by Gasteiger charge is -2.36. The first-order chi connectivity index (χ1) is 6.46. The third kappa shape index (κ3) is 2.49. The Balaban J connectivity index is 2.65. The molecule has 2 nitrogen and oxygen atoms in total. The van der Waals surface area contributed by atoms with Crippen LogP contribution in [0.4, 0.5) is 0 Å². The Labute approximate surface area is 88.2 Å². The van der Waals surface area contributed by atoms with Gasteiger partial charge in [-0.2, -0.15) is 0 Å². The molecule has 0 spiro atoms. The minimum Gasteiger partial charge on any atom is -0.357 e. The van der Waals surface area contributed by atoms with Crippen molar-refractivity contribution in [1.82, 2.24) is 4.90 Å². The molecular formula is C12H24N2. The van der Waals surface area contributed by atoms with E-state index in [1.807, 2.05) is 0 Å². The summed E-state index contributed by atoms with van der Waals surface area (Å²) in [5.41, 5.74) is -0.00139. The molecule has 0 amide bonds. The molecule has 82 valence electrons. The maximum Gasteiger partial charge on any atom is 0.101 e. The molecule has 14 heavy (non-hydrogen) atoms. The van der Waals surface area contributed by atoms with Crippen LogP contribution in [0.25, 0.3) is 0 Å². The van der Waals surface area contributed by atoms with Crippen molar-refractivity contribution in [3.8, 4) is 0 Å². The molecular weight excluding hydrogens is 172 g/mol. The third-order valence-electron chi connectivity index (χ3n) is 3.10. The number of hydrogen-bond donors (Lipinski definition) is 1. The summed E-state index contributed by atoms with van der Waals surface area (Å²) in [6.07, 6.45) is 5.26. The standard InChI is InChI=1S/C12H24N2/c1-5-14(10-8-6-7-9-10)11(13)12(2,3)4/h10,13H,5-9H2,1-4H3. The molecule has 0 bridgehead atoms. The molecule has 0 atom stereocenters. The number of nitrogens with zero attached hydrogens (tertiary/aromatic N) is 1. The van der Waals surface area contributed by atoms with E-state index in [4.69, 9.17) is 5.41 Å². The van der Waals surface area contributed by atoms with E-state index >= 15 is 0 Å². The summed E-state index contributed by atoms with van der Waals surface area (Å²) in [6, 6.07) is 0.645. The van der Waals surface area contributed by atoms with Crippen LogP contribution in [0.2, 0.25) is 0 Å². The Morgan fingerprint density at radius 1 is 1.29 bits per heavy atom. The molecule has 0 heterocycles. The lowest BCUT2D eigenvalue weighted by atomic mass is 9.93. The first-order valence-electron chi connectivity index (χ1n) is 5.82. The number of nitrogens with one attached hydrogen (secondary N) is 1. The van der Waals surface area contributed by atoms with Crippen LogP contribution in [0.3, 0.4) is 0 Å². The Bertz CT molecular complexity index is 197. The van der Waals surface area contributed by atoms with Gasteiger partial charge < -0.3 is 4.90 Å². The maximum absolute atomic E-state index is 8.19. The molecule has 1 aliphatic rings. The molecule has 2 heteroatoms. The van der Waals surface area contributed by atoms with Gasteiger partial charge in [0.15, 0.2) is 0 Å². The van der Waals surface area contributed by atoms with Crippen LogP contribution in [-0.4, -0.2) is 23.3 Å². The SMILES string of the molecule is CCN(C(=N)C(C)(C)C)C1CCCC1. The normalized spacial score (nSPS) is 18.6. The lowest BCUT2D eigenvalue weighted by Crippen LogP contribution is -2.44. The van der Waals surface area contributed by atoms with Gasteiger partial charge in [-0.3, -0.25) is 5.41 Å². The fourth-order valence-electron chi connectivity index (χ4n) is 2.25. The van der Waals surface area contributed by atoms with E-state index in [0.29, 0.717) is 6.04 Å². The Kier molecular flexibility index (Phi) is 3.57. The molecule has 0 radical (unpaired) electrons. The fourth-order valence-corrected chi connectivity index (χ4v) is 2.25. The molecule has 0 aromatic rings. The molecule has 0 aromatic heterocycles. The van der Waals surface area contributed by atoms with Crippen LogP contribution in [0.15, 0.2) is 0 Å². The van der Waals surface area contributed by atoms with E-state index in [0.717, 1.165) is 12.4 Å². The van der Waals surface area contributed by atoms with E-state index in [-0.39, 0.29) is 5.41 Å². The van der Waals surface area contributed by atoms with Gasteiger partial charge in [-0.25, -0.2) is 0 Å². The minimum atomic E-state index is -0.00139. The van der Waals surface area contributed by atoms with Crippen molar-refractivity contribution in [1.29, 1.82) is 5.41 Å². The molecule has 0 aromatic carbocycles. The predicted octanol–water partition coefficient (Wildman–Crippen LogP) is 3.27. The van der Waals surface area contributed by atoms with E-state index < -0.39 is 0 Å². The zero-order valence-electron chi connectivity index (χ0n) is 10.1. The maximum atomic E-state index is 8.19. The third-order valence-corrected chi connectivity index (χ3v) is 3.10. The summed E-state index contributed by atoms with van der Waals surface area (Å²) in [4.78, 5) is 2.30. The van der Waals surface area contributed by atoms with Gasteiger partial charge >= 0.3 is 0 Å². The summed E-state index contributed by atoms with van der Waals surface area (Å²) in [5, 5.41) is 8.19. The highest BCUT2D eigenvalue weighted by Crippen LogP contribution is 2.27. The molecule has 1 fully saturated rings. The van der Waals surface area contributed by atoms with Crippen LogP contribution >= 0.6 is 0 Å². The summed E-state index contributed by atoms with van der Waals surface area (Å²) in [5.74, 6) is 0.812. The second kappa shape index (κ2) is 4.33. The summed E-state index contributed by atoms with van der Waals surface area (Å²) in [7, 11) is 0. The summed E-state index contributed by atoms with van der Waals surface area (Å²) in [6.45, 7) is 9.55. The second-order valence-electron chi connectivity index (χ2n) is 5.32. The zero-order valence-corrected chi connectivity index (χ0v) is 10.1. The molecule has 0 unspecified atom stereocenters. The average Bonchev–Trinajstić information content (AvgIpc) is 2.57. The zero-order chi connectivity index (χ0) is 10.8. The van der Waals surface area contributed by atoms with E-state index in [2.05, 4.69) is 32.6 Å². The topological polar surface area (TPSA) is 27.1 Å². The largest absolute Gasteiger partial charge is 0.357 e. The highest BCUT2D eigenvalue weighted by Gasteiger charge is 2.29. The number of amidine groups is 1. The van der Waals surface area contributed by atoms with Crippen molar-refractivity contribution < 1.29 is 0 Å². The number of rotatable bonds is 2. The van der Waals surface area contributed by atoms with Crippen molar-refractivity contribution in [3.63, 3.8) is 0 Å². The average molecular weight is 196 g/mol. The van der Waals surface area contributed by atoms with Gasteiger partial charge in [-0.05, 0) is 19.8 Å². The summed E-state index contributed by atoms with van der Waals surface area (Å²) >= 11 is 0. The van der Waals surface area contributed by atoms with Crippen LogP contribution in [0.1, 0.15) is 53.4 Å². The fraction of sp³-hybridized carbons (Fsp3) is 0.917. The van der Waals surface area contributed by atoms with Gasteiger partial charge in [0.1, 0.15) is 5.84 Å². The quantitative estimate of drug-likeness (QED) is 0.532. The number of hydrogen-bond acceptors (Lipinski definition) is 1. The molecule has 1 saturated carbocycles. The highest BCUT2D eigenvalue weighted by molar-refractivity contribution is 5.84.